The monoisotopic (exact) mass is 362 g/mol. The Balaban J connectivity index is 1.80. The van der Waals surface area contributed by atoms with Crippen LogP contribution in [0.25, 0.3) is 0 Å². The summed E-state index contributed by atoms with van der Waals surface area (Å²) in [5, 5.41) is 3.12. The van der Waals surface area contributed by atoms with Gasteiger partial charge in [-0.05, 0) is 42.3 Å². The summed E-state index contributed by atoms with van der Waals surface area (Å²) < 4.78 is 10.5. The lowest BCUT2D eigenvalue weighted by Crippen LogP contribution is -2.31. The first-order valence-corrected chi connectivity index (χ1v) is 7.99. The zero-order chi connectivity index (χ0) is 18.2. The molecule has 0 radical (unpaired) electrons. The summed E-state index contributed by atoms with van der Waals surface area (Å²) in [7, 11) is 1.61. The van der Waals surface area contributed by atoms with Crippen molar-refractivity contribution in [2.45, 2.75) is 6.42 Å². The third-order valence-corrected chi connectivity index (χ3v) is 3.70. The number of carbonyl (C=O) groups is 2. The minimum atomic E-state index is -0.669. The molecular formula is C18H19ClN2O4. The van der Waals surface area contributed by atoms with Crippen molar-refractivity contribution in [3.05, 3.63) is 58.6 Å². The highest BCUT2D eigenvalue weighted by Gasteiger charge is 2.11. The highest BCUT2D eigenvalue weighted by atomic mass is 35.5. The smallest absolute Gasteiger partial charge is 0.257 e. The summed E-state index contributed by atoms with van der Waals surface area (Å²) in [4.78, 5) is 23.2. The van der Waals surface area contributed by atoms with Crippen LogP contribution in [0.15, 0.2) is 42.5 Å². The van der Waals surface area contributed by atoms with E-state index in [1.165, 1.54) is 12.1 Å². The summed E-state index contributed by atoms with van der Waals surface area (Å²) in [6.45, 7) is 0.252. The largest absolute Gasteiger partial charge is 0.497 e. The number of methoxy groups -OCH3 is 1. The fourth-order valence-electron chi connectivity index (χ4n) is 2.15. The number of benzene rings is 2. The predicted molar refractivity (Wildman–Crippen MR) is 95.2 cm³/mol. The zero-order valence-corrected chi connectivity index (χ0v) is 14.5. The van der Waals surface area contributed by atoms with Gasteiger partial charge >= 0.3 is 0 Å². The average Bonchev–Trinajstić information content (AvgIpc) is 2.61. The van der Waals surface area contributed by atoms with E-state index < -0.39 is 5.91 Å². The normalized spacial score (nSPS) is 10.2. The van der Waals surface area contributed by atoms with Crippen molar-refractivity contribution in [3.8, 4) is 11.5 Å². The van der Waals surface area contributed by atoms with E-state index in [9.17, 15) is 9.59 Å². The van der Waals surface area contributed by atoms with Gasteiger partial charge in [-0.25, -0.2) is 0 Å². The van der Waals surface area contributed by atoms with Gasteiger partial charge in [0.05, 0.1) is 12.7 Å². The summed E-state index contributed by atoms with van der Waals surface area (Å²) in [6.07, 6.45) is 0.684. The van der Waals surface area contributed by atoms with E-state index >= 15 is 0 Å². The van der Waals surface area contributed by atoms with E-state index in [0.29, 0.717) is 18.0 Å². The van der Waals surface area contributed by atoms with Gasteiger partial charge in [-0.15, -0.1) is 0 Å². The molecule has 2 aromatic rings. The average molecular weight is 363 g/mol. The summed E-state index contributed by atoms with van der Waals surface area (Å²) in [5.74, 6) is 0.0490. The Bertz CT molecular complexity index is 747. The van der Waals surface area contributed by atoms with Gasteiger partial charge in [0.15, 0.2) is 6.61 Å². The molecule has 0 aliphatic rings. The van der Waals surface area contributed by atoms with Gasteiger partial charge in [-0.2, -0.15) is 0 Å². The Hall–Kier alpha value is -2.73. The lowest BCUT2D eigenvalue weighted by molar-refractivity contribution is -0.123. The Morgan fingerprint density at radius 2 is 1.88 bits per heavy atom. The molecule has 3 N–H and O–H groups in total. The molecule has 0 saturated heterocycles. The SMILES string of the molecule is COc1ccc(CCNC(=O)COc2ccc(Cl)cc2C(N)=O)cc1. The van der Waals surface area contributed by atoms with Crippen molar-refractivity contribution in [3.63, 3.8) is 0 Å². The van der Waals surface area contributed by atoms with E-state index in [4.69, 9.17) is 26.8 Å². The van der Waals surface area contributed by atoms with Crippen LogP contribution in [0.1, 0.15) is 15.9 Å². The van der Waals surface area contributed by atoms with Crippen LogP contribution in [-0.2, 0) is 11.2 Å². The van der Waals surface area contributed by atoms with Crippen LogP contribution in [0, 0.1) is 0 Å². The van der Waals surface area contributed by atoms with Crippen LogP contribution in [-0.4, -0.2) is 32.1 Å². The van der Waals surface area contributed by atoms with E-state index in [1.54, 1.807) is 13.2 Å². The van der Waals surface area contributed by atoms with Crippen LogP contribution < -0.4 is 20.5 Å². The maximum absolute atomic E-state index is 11.9. The van der Waals surface area contributed by atoms with E-state index in [2.05, 4.69) is 5.32 Å². The number of hydrogen-bond donors (Lipinski definition) is 2. The number of primary amides is 1. The number of ether oxygens (including phenoxy) is 2. The number of nitrogens with one attached hydrogen (secondary N) is 1. The number of halogens is 1. The van der Waals surface area contributed by atoms with Gasteiger partial charge in [-0.3, -0.25) is 9.59 Å². The number of nitrogens with two attached hydrogens (primary N) is 1. The van der Waals surface area contributed by atoms with Crippen molar-refractivity contribution < 1.29 is 19.1 Å². The number of amides is 2. The molecule has 0 heterocycles. The molecule has 0 bridgehead atoms. The molecule has 6 nitrogen and oxygen atoms in total. The van der Waals surface area contributed by atoms with Crippen LogP contribution in [0.3, 0.4) is 0 Å². The molecule has 0 aliphatic heterocycles. The maximum atomic E-state index is 11.9. The minimum absolute atomic E-state index is 0.138. The van der Waals surface area contributed by atoms with E-state index in [0.717, 1.165) is 11.3 Å². The second kappa shape index (κ2) is 8.94. The van der Waals surface area contributed by atoms with Gasteiger partial charge in [-0.1, -0.05) is 23.7 Å². The first-order chi connectivity index (χ1) is 12.0. The van der Waals surface area contributed by atoms with Gasteiger partial charge in [0, 0.05) is 11.6 Å². The van der Waals surface area contributed by atoms with Crippen LogP contribution in [0.4, 0.5) is 0 Å². The standard InChI is InChI=1S/C18H19ClN2O4/c1-24-14-5-2-12(3-6-14)8-9-21-17(22)11-25-16-7-4-13(19)10-15(16)18(20)23/h2-7,10H,8-9,11H2,1H3,(H2,20,23)(H,21,22). The molecule has 0 spiro atoms. The quantitative estimate of drug-likeness (QED) is 0.753. The van der Waals surface area contributed by atoms with Crippen molar-refractivity contribution in [2.24, 2.45) is 5.73 Å². The molecule has 0 aliphatic carbocycles. The molecule has 2 aromatic carbocycles. The van der Waals surface area contributed by atoms with Crippen molar-refractivity contribution in [2.75, 3.05) is 20.3 Å². The second-order valence-corrected chi connectivity index (χ2v) is 5.68. The van der Waals surface area contributed by atoms with Gasteiger partial charge in [0.25, 0.3) is 11.8 Å². The number of rotatable bonds is 8. The van der Waals surface area contributed by atoms with Crippen molar-refractivity contribution in [1.82, 2.24) is 5.32 Å². The molecule has 0 unspecified atom stereocenters. The second-order valence-electron chi connectivity index (χ2n) is 5.24. The highest BCUT2D eigenvalue weighted by Crippen LogP contribution is 2.22. The third kappa shape index (κ3) is 5.69. The molecule has 25 heavy (non-hydrogen) atoms. The molecular weight excluding hydrogens is 344 g/mol. The van der Waals surface area contributed by atoms with Gasteiger partial charge < -0.3 is 20.5 Å². The maximum Gasteiger partial charge on any atom is 0.257 e. The molecule has 7 heteroatoms. The Kier molecular flexibility index (Phi) is 6.65. The van der Waals surface area contributed by atoms with E-state index in [1.807, 2.05) is 24.3 Å². The van der Waals surface area contributed by atoms with Crippen molar-refractivity contribution in [1.29, 1.82) is 0 Å². The van der Waals surface area contributed by atoms with Crippen LogP contribution >= 0.6 is 11.6 Å². The molecule has 0 fully saturated rings. The van der Waals surface area contributed by atoms with Crippen LogP contribution in [0.5, 0.6) is 11.5 Å². The minimum Gasteiger partial charge on any atom is -0.497 e. The van der Waals surface area contributed by atoms with Crippen molar-refractivity contribution >= 4 is 23.4 Å². The third-order valence-electron chi connectivity index (χ3n) is 3.46. The van der Waals surface area contributed by atoms with E-state index in [-0.39, 0.29) is 23.8 Å². The lowest BCUT2D eigenvalue weighted by atomic mass is 10.1. The summed E-state index contributed by atoms with van der Waals surface area (Å²) in [6, 6.07) is 12.1. The number of carbonyl (C=O) groups excluding carboxylic acids is 2. The molecule has 0 saturated carbocycles. The fourth-order valence-corrected chi connectivity index (χ4v) is 2.33. The van der Waals surface area contributed by atoms with Gasteiger partial charge in [0.1, 0.15) is 11.5 Å². The summed E-state index contributed by atoms with van der Waals surface area (Å²) in [5.41, 5.74) is 6.48. The first-order valence-electron chi connectivity index (χ1n) is 7.61. The lowest BCUT2D eigenvalue weighted by Gasteiger charge is -2.10. The Labute approximate surface area is 150 Å². The molecule has 2 amide bonds. The summed E-state index contributed by atoms with van der Waals surface area (Å²) >= 11 is 5.82. The van der Waals surface area contributed by atoms with Crippen LogP contribution in [0.2, 0.25) is 5.02 Å². The topological polar surface area (TPSA) is 90.7 Å². The van der Waals surface area contributed by atoms with Gasteiger partial charge in [0.2, 0.25) is 0 Å². The molecule has 0 atom stereocenters. The Morgan fingerprint density at radius 1 is 1.16 bits per heavy atom. The number of hydrogen-bond acceptors (Lipinski definition) is 4. The zero-order valence-electron chi connectivity index (χ0n) is 13.8. The molecule has 0 aromatic heterocycles. The fraction of sp³-hybridized carbons (Fsp3) is 0.222. The predicted octanol–water partition coefficient (Wildman–Crippen LogP) is 2.19. The molecule has 132 valence electrons. The Morgan fingerprint density at radius 3 is 2.52 bits per heavy atom. The highest BCUT2D eigenvalue weighted by molar-refractivity contribution is 6.31. The molecule has 2 rings (SSSR count). The first kappa shape index (κ1) is 18.6.